The second-order valence-electron chi connectivity index (χ2n) is 8.10. The van der Waals surface area contributed by atoms with Crippen LogP contribution in [0.1, 0.15) is 29.3 Å². The van der Waals surface area contributed by atoms with E-state index < -0.39 is 9.84 Å². The van der Waals surface area contributed by atoms with Crippen LogP contribution in [0.3, 0.4) is 0 Å². The molecule has 1 aliphatic rings. The summed E-state index contributed by atoms with van der Waals surface area (Å²) in [5.41, 5.74) is 2.37. The molecule has 0 radical (unpaired) electrons. The Morgan fingerprint density at radius 2 is 2.03 bits per heavy atom. The third kappa shape index (κ3) is 4.81. The largest absolute Gasteiger partial charge is 0.287 e. The predicted molar refractivity (Wildman–Crippen MR) is 126 cm³/mol. The van der Waals surface area contributed by atoms with Gasteiger partial charge in [-0.3, -0.25) is 9.36 Å². The molecule has 1 unspecified atom stereocenters. The van der Waals surface area contributed by atoms with Crippen LogP contribution in [0.5, 0.6) is 0 Å². The number of hydrogen-bond acceptors (Lipinski definition) is 6. The van der Waals surface area contributed by atoms with Gasteiger partial charge in [0.05, 0.1) is 11.1 Å². The molecule has 0 spiro atoms. The summed E-state index contributed by atoms with van der Waals surface area (Å²) in [6.07, 6.45) is 5.02. The average molecular weight is 463 g/mol. The molecule has 0 N–H and O–H groups in total. The number of rotatable bonds is 7. The Bertz CT molecular complexity index is 1210. The van der Waals surface area contributed by atoms with E-state index in [-0.39, 0.29) is 11.3 Å². The lowest BCUT2D eigenvalue weighted by Gasteiger charge is -2.17. The third-order valence-corrected chi connectivity index (χ3v) is 8.86. The van der Waals surface area contributed by atoms with Gasteiger partial charge in [0.15, 0.2) is 5.16 Å². The van der Waals surface area contributed by atoms with Crippen molar-refractivity contribution in [1.29, 1.82) is 0 Å². The number of aromatic nitrogens is 2. The summed E-state index contributed by atoms with van der Waals surface area (Å²) >= 11 is 3.00. The minimum absolute atomic E-state index is 0.0184. The van der Waals surface area contributed by atoms with Gasteiger partial charge in [0, 0.05) is 23.4 Å². The van der Waals surface area contributed by atoms with E-state index in [9.17, 15) is 13.2 Å². The molecule has 2 heterocycles. The molecule has 5 nitrogen and oxygen atoms in total. The maximum Gasteiger partial charge on any atom is 0.263 e. The fraction of sp³-hybridized carbons (Fsp3) is 0.455. The molecule has 1 atom stereocenters. The van der Waals surface area contributed by atoms with Gasteiger partial charge in [-0.25, -0.2) is 13.4 Å². The van der Waals surface area contributed by atoms with Gasteiger partial charge in [-0.1, -0.05) is 49.0 Å². The number of aryl methyl sites for hydroxylation is 2. The summed E-state index contributed by atoms with van der Waals surface area (Å²) in [6, 6.07) is 10.1. The van der Waals surface area contributed by atoms with Crippen molar-refractivity contribution < 1.29 is 8.42 Å². The van der Waals surface area contributed by atoms with Gasteiger partial charge in [-0.2, -0.15) is 0 Å². The summed E-state index contributed by atoms with van der Waals surface area (Å²) in [5.74, 6) is 1.10. The molecule has 160 valence electrons. The maximum absolute atomic E-state index is 13.5. The summed E-state index contributed by atoms with van der Waals surface area (Å²) < 4.78 is 24.9. The van der Waals surface area contributed by atoms with Gasteiger partial charge in [0.1, 0.15) is 14.7 Å². The van der Waals surface area contributed by atoms with Crippen molar-refractivity contribution in [2.45, 2.75) is 44.3 Å². The van der Waals surface area contributed by atoms with Gasteiger partial charge >= 0.3 is 0 Å². The zero-order valence-corrected chi connectivity index (χ0v) is 19.7. The highest BCUT2D eigenvalue weighted by Crippen LogP contribution is 2.36. The maximum atomic E-state index is 13.5. The molecule has 0 amide bonds. The molecule has 0 saturated carbocycles. The molecular weight excluding hydrogens is 436 g/mol. The van der Waals surface area contributed by atoms with Crippen LogP contribution in [0.25, 0.3) is 10.2 Å². The first-order valence-corrected chi connectivity index (χ1v) is 14.1. The van der Waals surface area contributed by atoms with Crippen LogP contribution in [-0.4, -0.2) is 35.7 Å². The van der Waals surface area contributed by atoms with Crippen LogP contribution in [0, 0.1) is 5.92 Å². The van der Waals surface area contributed by atoms with Crippen molar-refractivity contribution in [3.8, 4) is 0 Å². The summed E-state index contributed by atoms with van der Waals surface area (Å²) in [6.45, 7) is 2.79. The molecule has 0 fully saturated rings. The standard InChI is InChI=1S/C22H26N2O3S3/c1-15-8-9-17-18(14-15)29-20-19(17)21(25)24(11-10-16-6-4-3-5-7-16)22(23-20)28-12-13-30(2,26)27/h3-7,15H,8-14H2,1-2H3. The van der Waals surface area contributed by atoms with Gasteiger partial charge in [-0.15, -0.1) is 11.3 Å². The van der Waals surface area contributed by atoms with Crippen molar-refractivity contribution in [3.63, 3.8) is 0 Å². The highest BCUT2D eigenvalue weighted by atomic mass is 32.2. The van der Waals surface area contributed by atoms with Crippen molar-refractivity contribution in [2.75, 3.05) is 17.8 Å². The number of benzene rings is 1. The Morgan fingerprint density at radius 1 is 1.27 bits per heavy atom. The molecule has 4 rings (SSSR count). The summed E-state index contributed by atoms with van der Waals surface area (Å²) in [7, 11) is -3.06. The first-order valence-electron chi connectivity index (χ1n) is 10.2. The van der Waals surface area contributed by atoms with Crippen molar-refractivity contribution >= 4 is 43.2 Å². The number of hydrogen-bond donors (Lipinski definition) is 0. The average Bonchev–Trinajstić information content (AvgIpc) is 3.04. The number of nitrogens with zero attached hydrogens (tertiary/aromatic N) is 2. The van der Waals surface area contributed by atoms with Crippen molar-refractivity contribution in [1.82, 2.24) is 9.55 Å². The molecule has 8 heteroatoms. The fourth-order valence-corrected chi connectivity index (χ4v) is 7.53. The van der Waals surface area contributed by atoms with E-state index in [4.69, 9.17) is 4.98 Å². The van der Waals surface area contributed by atoms with E-state index in [1.54, 1.807) is 15.9 Å². The minimum atomic E-state index is -3.06. The minimum Gasteiger partial charge on any atom is -0.287 e. The first-order chi connectivity index (χ1) is 14.3. The first kappa shape index (κ1) is 21.6. The lowest BCUT2D eigenvalue weighted by Crippen LogP contribution is -2.25. The van der Waals surface area contributed by atoms with Gasteiger partial charge in [0.25, 0.3) is 5.56 Å². The highest BCUT2D eigenvalue weighted by molar-refractivity contribution is 8.00. The number of thioether (sulfide) groups is 1. The van der Waals surface area contributed by atoms with E-state index >= 15 is 0 Å². The van der Waals surface area contributed by atoms with Crippen LogP contribution in [0.4, 0.5) is 0 Å². The smallest absolute Gasteiger partial charge is 0.263 e. The zero-order valence-electron chi connectivity index (χ0n) is 17.3. The molecule has 30 heavy (non-hydrogen) atoms. The molecule has 3 aromatic rings. The number of fused-ring (bicyclic) bond motifs is 3. The lowest BCUT2D eigenvalue weighted by atomic mass is 9.89. The molecular formula is C22H26N2O3S3. The van der Waals surface area contributed by atoms with Crippen LogP contribution >= 0.6 is 23.1 Å². The fourth-order valence-electron chi connectivity index (χ4n) is 3.88. The van der Waals surface area contributed by atoms with E-state index in [0.29, 0.717) is 23.4 Å². The Labute approximate surface area is 185 Å². The molecule has 0 bridgehead atoms. The normalized spacial score (nSPS) is 16.7. The van der Waals surface area contributed by atoms with E-state index in [2.05, 4.69) is 19.1 Å². The Balaban J connectivity index is 1.73. The lowest BCUT2D eigenvalue weighted by molar-refractivity contribution is 0.508. The van der Waals surface area contributed by atoms with E-state index in [1.807, 2.05) is 18.2 Å². The SMILES string of the molecule is CC1CCc2c(sc3nc(SCCS(C)(=O)=O)n(CCc4ccccc4)c(=O)c23)C1. The molecule has 1 aliphatic carbocycles. The van der Waals surface area contributed by atoms with Crippen molar-refractivity contribution in [2.24, 2.45) is 5.92 Å². The second-order valence-corrected chi connectivity index (χ2v) is 12.5. The van der Waals surface area contributed by atoms with E-state index in [1.165, 1.54) is 28.5 Å². The van der Waals surface area contributed by atoms with Gasteiger partial charge < -0.3 is 0 Å². The summed E-state index contributed by atoms with van der Waals surface area (Å²) in [4.78, 5) is 20.5. The highest BCUT2D eigenvalue weighted by Gasteiger charge is 2.24. The molecule has 0 aliphatic heterocycles. The number of sulfone groups is 1. The summed E-state index contributed by atoms with van der Waals surface area (Å²) in [5, 5.41) is 1.40. The second kappa shape index (κ2) is 8.85. The van der Waals surface area contributed by atoms with Crippen LogP contribution in [0.2, 0.25) is 0 Å². The monoisotopic (exact) mass is 462 g/mol. The van der Waals surface area contributed by atoms with E-state index in [0.717, 1.165) is 41.5 Å². The van der Waals surface area contributed by atoms with Crippen LogP contribution in [0.15, 0.2) is 40.3 Å². The Morgan fingerprint density at radius 3 is 2.77 bits per heavy atom. The van der Waals surface area contributed by atoms with Crippen LogP contribution < -0.4 is 5.56 Å². The quantitative estimate of drug-likeness (QED) is 0.393. The predicted octanol–water partition coefficient (Wildman–Crippen LogP) is 3.96. The Kier molecular flexibility index (Phi) is 6.36. The number of thiophene rings is 1. The van der Waals surface area contributed by atoms with Gasteiger partial charge in [-0.05, 0) is 42.7 Å². The van der Waals surface area contributed by atoms with Gasteiger partial charge in [0.2, 0.25) is 0 Å². The van der Waals surface area contributed by atoms with Crippen molar-refractivity contribution in [3.05, 3.63) is 56.7 Å². The molecule has 1 aromatic carbocycles. The van der Waals surface area contributed by atoms with Crippen LogP contribution in [-0.2, 0) is 35.6 Å². The molecule has 0 saturated heterocycles. The zero-order chi connectivity index (χ0) is 21.3. The molecule has 2 aromatic heterocycles. The topological polar surface area (TPSA) is 69.0 Å². The Hall–Kier alpha value is -1.64. The third-order valence-electron chi connectivity index (χ3n) is 5.53.